The van der Waals surface area contributed by atoms with Crippen LogP contribution in [0.15, 0.2) is 24.4 Å². The van der Waals surface area contributed by atoms with Crippen molar-refractivity contribution in [2.75, 3.05) is 18.8 Å². The van der Waals surface area contributed by atoms with Gasteiger partial charge in [0.05, 0.1) is 22.6 Å². The van der Waals surface area contributed by atoms with Gasteiger partial charge in [-0.3, -0.25) is 14.5 Å². The number of nitrogens with zero attached hydrogens (tertiary/aromatic N) is 2. The van der Waals surface area contributed by atoms with Gasteiger partial charge in [0.15, 0.2) is 5.13 Å². The molecule has 168 valence electrons. The monoisotopic (exact) mass is 483 g/mol. The maximum Gasteiger partial charge on any atom is 0.243 e. The lowest BCUT2D eigenvalue weighted by Gasteiger charge is -2.32. The van der Waals surface area contributed by atoms with Crippen molar-refractivity contribution in [2.45, 2.75) is 51.2 Å². The topological polar surface area (TPSA) is 100 Å². The predicted molar refractivity (Wildman–Crippen MR) is 125 cm³/mol. The van der Waals surface area contributed by atoms with Gasteiger partial charge in [0.25, 0.3) is 0 Å². The summed E-state index contributed by atoms with van der Waals surface area (Å²) in [6.07, 6.45) is 5.29. The third kappa shape index (κ3) is 6.80. The van der Waals surface area contributed by atoms with Crippen LogP contribution in [0.3, 0.4) is 0 Å². The summed E-state index contributed by atoms with van der Waals surface area (Å²) in [6.45, 7) is 3.97. The number of thiazole rings is 1. The number of benzene rings is 1. The fourth-order valence-electron chi connectivity index (χ4n) is 3.58. The number of piperidine rings is 1. The van der Waals surface area contributed by atoms with Gasteiger partial charge in [-0.1, -0.05) is 35.7 Å². The fourth-order valence-corrected chi connectivity index (χ4v) is 4.52. The largest absolute Gasteiger partial charge is 0.375 e. The van der Waals surface area contributed by atoms with Gasteiger partial charge in [-0.25, -0.2) is 4.98 Å². The Labute approximate surface area is 196 Å². The quantitative estimate of drug-likeness (QED) is 0.534. The van der Waals surface area contributed by atoms with Crippen molar-refractivity contribution in [3.05, 3.63) is 44.9 Å². The van der Waals surface area contributed by atoms with Crippen LogP contribution in [-0.2, 0) is 22.6 Å². The Morgan fingerprint density at radius 3 is 2.58 bits per heavy atom. The molecule has 2 atom stereocenters. The molecule has 0 unspecified atom stereocenters. The second-order valence-corrected chi connectivity index (χ2v) is 9.63. The molecule has 2 heterocycles. The van der Waals surface area contributed by atoms with Gasteiger partial charge in [-0.2, -0.15) is 0 Å². The molecule has 0 saturated carbocycles. The van der Waals surface area contributed by atoms with E-state index in [1.165, 1.54) is 17.8 Å². The van der Waals surface area contributed by atoms with E-state index in [4.69, 9.17) is 28.9 Å². The molecule has 1 aromatic carbocycles. The molecule has 2 amide bonds. The van der Waals surface area contributed by atoms with Gasteiger partial charge in [0.2, 0.25) is 11.8 Å². The van der Waals surface area contributed by atoms with Crippen LogP contribution in [0.25, 0.3) is 0 Å². The molecule has 1 aliphatic heterocycles. The number of aromatic nitrogens is 1. The number of hydrogen-bond acceptors (Lipinski definition) is 6. The molecule has 10 heteroatoms. The average molecular weight is 484 g/mol. The van der Waals surface area contributed by atoms with Gasteiger partial charge in [0.1, 0.15) is 6.04 Å². The Morgan fingerprint density at radius 1 is 1.19 bits per heavy atom. The van der Waals surface area contributed by atoms with E-state index >= 15 is 0 Å². The Hall–Kier alpha value is -1.87. The minimum Gasteiger partial charge on any atom is -0.375 e. The Morgan fingerprint density at radius 2 is 1.94 bits per heavy atom. The number of anilines is 1. The van der Waals surface area contributed by atoms with E-state index in [1.54, 1.807) is 24.4 Å². The zero-order chi connectivity index (χ0) is 22.4. The number of nitrogens with two attached hydrogens (primary N) is 1. The first-order chi connectivity index (χ1) is 14.8. The molecule has 2 aromatic rings. The second kappa shape index (κ2) is 11.1. The molecule has 1 fully saturated rings. The maximum atomic E-state index is 13.0. The lowest BCUT2D eigenvalue weighted by molar-refractivity contribution is -0.132. The van der Waals surface area contributed by atoms with Crippen LogP contribution in [0.2, 0.25) is 10.0 Å². The highest BCUT2D eigenvalue weighted by Crippen LogP contribution is 2.23. The van der Waals surface area contributed by atoms with Gasteiger partial charge in [0, 0.05) is 17.5 Å². The van der Waals surface area contributed by atoms with Crippen molar-refractivity contribution < 1.29 is 9.59 Å². The van der Waals surface area contributed by atoms with E-state index in [-0.39, 0.29) is 17.9 Å². The molecule has 1 aliphatic rings. The molecule has 31 heavy (non-hydrogen) atoms. The summed E-state index contributed by atoms with van der Waals surface area (Å²) in [5, 5.41) is 7.10. The van der Waals surface area contributed by atoms with Crippen LogP contribution >= 0.6 is 34.5 Å². The number of halogens is 2. The SMILES string of the molecule is C[C@@H](C(=O)N[C@@H](Cc1ccc(Cl)c(Cl)c1)C(=O)NCc1cnc(N)s1)N1CCCCC1. The van der Waals surface area contributed by atoms with Crippen LogP contribution in [0.5, 0.6) is 0 Å². The molecule has 1 saturated heterocycles. The summed E-state index contributed by atoms with van der Waals surface area (Å²) in [7, 11) is 0. The normalized spacial score (nSPS) is 16.5. The summed E-state index contributed by atoms with van der Waals surface area (Å²) < 4.78 is 0. The number of nitrogens with one attached hydrogen (secondary N) is 2. The van der Waals surface area contributed by atoms with E-state index in [0.717, 1.165) is 36.4 Å². The molecule has 0 bridgehead atoms. The number of carbonyl (C=O) groups is 2. The number of carbonyl (C=O) groups excluding carboxylic acids is 2. The summed E-state index contributed by atoms with van der Waals surface area (Å²) in [5.74, 6) is -0.443. The molecule has 4 N–H and O–H groups in total. The molecule has 0 radical (unpaired) electrons. The molecule has 7 nitrogen and oxygen atoms in total. The summed E-state index contributed by atoms with van der Waals surface area (Å²) in [5.41, 5.74) is 6.46. The van der Waals surface area contributed by atoms with E-state index < -0.39 is 6.04 Å². The molecule has 0 aliphatic carbocycles. The van der Waals surface area contributed by atoms with Crippen LogP contribution < -0.4 is 16.4 Å². The number of likely N-dealkylation sites (tertiary alicyclic amines) is 1. The Bertz CT molecular complexity index is 917. The first kappa shape index (κ1) is 23.8. The first-order valence-corrected chi connectivity index (χ1v) is 11.9. The zero-order valence-corrected chi connectivity index (χ0v) is 19.7. The molecule has 0 spiro atoms. The Balaban J connectivity index is 1.69. The van der Waals surface area contributed by atoms with Crippen LogP contribution in [-0.4, -0.2) is 46.9 Å². The number of rotatable bonds is 8. The standard InChI is InChI=1S/C21H27Cl2N5O2S/c1-13(28-7-3-2-4-8-28)19(29)27-18(10-14-5-6-16(22)17(23)9-14)20(30)25-11-15-12-26-21(24)31-15/h5-6,9,12-13,18H,2-4,7-8,10-11H2,1H3,(H2,24,26)(H,25,30)(H,27,29)/t13-,18-/m0/s1. The van der Waals surface area contributed by atoms with Gasteiger partial charge in [-0.05, 0) is 50.6 Å². The molecular weight excluding hydrogens is 457 g/mol. The molecule has 3 rings (SSSR count). The minimum absolute atomic E-state index is 0.163. The smallest absolute Gasteiger partial charge is 0.243 e. The highest BCUT2D eigenvalue weighted by Gasteiger charge is 2.28. The lowest BCUT2D eigenvalue weighted by atomic mass is 10.0. The number of hydrogen-bond donors (Lipinski definition) is 3. The minimum atomic E-state index is -0.748. The van der Waals surface area contributed by atoms with Gasteiger partial charge < -0.3 is 16.4 Å². The number of nitrogen functional groups attached to an aromatic ring is 1. The molecule has 1 aromatic heterocycles. The van der Waals surface area contributed by atoms with Crippen LogP contribution in [0.1, 0.15) is 36.6 Å². The highest BCUT2D eigenvalue weighted by molar-refractivity contribution is 7.15. The van der Waals surface area contributed by atoms with Gasteiger partial charge >= 0.3 is 0 Å². The van der Waals surface area contributed by atoms with Crippen LogP contribution in [0.4, 0.5) is 5.13 Å². The predicted octanol–water partition coefficient (Wildman–Crippen LogP) is 3.25. The lowest BCUT2D eigenvalue weighted by Crippen LogP contribution is -2.54. The zero-order valence-electron chi connectivity index (χ0n) is 17.4. The van der Waals surface area contributed by atoms with E-state index in [0.29, 0.717) is 28.1 Å². The van der Waals surface area contributed by atoms with Crippen molar-refractivity contribution in [3.63, 3.8) is 0 Å². The van der Waals surface area contributed by atoms with E-state index in [1.807, 2.05) is 6.92 Å². The third-order valence-corrected chi connectivity index (χ3v) is 6.95. The summed E-state index contributed by atoms with van der Waals surface area (Å²) in [4.78, 5) is 32.9. The van der Waals surface area contributed by atoms with E-state index in [2.05, 4.69) is 20.5 Å². The first-order valence-electron chi connectivity index (χ1n) is 10.3. The van der Waals surface area contributed by atoms with E-state index in [9.17, 15) is 9.59 Å². The second-order valence-electron chi connectivity index (χ2n) is 7.67. The third-order valence-electron chi connectivity index (χ3n) is 5.38. The fraction of sp³-hybridized carbons (Fsp3) is 0.476. The van der Waals surface area contributed by atoms with Crippen molar-refractivity contribution in [2.24, 2.45) is 0 Å². The maximum absolute atomic E-state index is 13.0. The van der Waals surface area contributed by atoms with Crippen molar-refractivity contribution >= 4 is 51.5 Å². The Kier molecular flexibility index (Phi) is 8.54. The van der Waals surface area contributed by atoms with Crippen molar-refractivity contribution in [1.82, 2.24) is 20.5 Å². The van der Waals surface area contributed by atoms with Gasteiger partial charge in [-0.15, -0.1) is 11.3 Å². The average Bonchev–Trinajstić information content (AvgIpc) is 3.19. The van der Waals surface area contributed by atoms with Crippen molar-refractivity contribution in [3.8, 4) is 0 Å². The van der Waals surface area contributed by atoms with Crippen molar-refractivity contribution in [1.29, 1.82) is 0 Å². The molecular formula is C21H27Cl2N5O2S. The van der Waals surface area contributed by atoms with Crippen LogP contribution in [0, 0.1) is 0 Å². The number of amides is 2. The summed E-state index contributed by atoms with van der Waals surface area (Å²) in [6, 6.07) is 4.16. The summed E-state index contributed by atoms with van der Waals surface area (Å²) >= 11 is 13.5. The highest BCUT2D eigenvalue weighted by atomic mass is 35.5.